The molecule has 0 saturated carbocycles. The summed E-state index contributed by atoms with van der Waals surface area (Å²) in [5.74, 6) is 0.464. The third-order valence-corrected chi connectivity index (χ3v) is 2.74. The van der Waals surface area contributed by atoms with Crippen LogP contribution in [0.2, 0.25) is 0 Å². The minimum Gasteiger partial charge on any atom is -0.504 e. The van der Waals surface area contributed by atoms with Gasteiger partial charge in [-0.1, -0.05) is 11.6 Å². The number of hydrogen-bond donors (Lipinski definition) is 2. The van der Waals surface area contributed by atoms with E-state index in [1.807, 2.05) is 32.8 Å². The summed E-state index contributed by atoms with van der Waals surface area (Å²) in [6.45, 7) is 4.52. The van der Waals surface area contributed by atoms with Crippen LogP contribution in [0.25, 0.3) is 0 Å². The van der Waals surface area contributed by atoms with E-state index in [4.69, 9.17) is 4.74 Å². The van der Waals surface area contributed by atoms with E-state index in [1.165, 1.54) is 7.11 Å². The highest BCUT2D eigenvalue weighted by molar-refractivity contribution is 5.48. The summed E-state index contributed by atoms with van der Waals surface area (Å²) >= 11 is 0. The van der Waals surface area contributed by atoms with Crippen molar-refractivity contribution < 1.29 is 14.9 Å². The number of hydrogen-bond acceptors (Lipinski definition) is 4. The van der Waals surface area contributed by atoms with Crippen LogP contribution in [0.5, 0.6) is 11.5 Å². The number of nitrogens with zero attached hydrogens (tertiary/aromatic N) is 1. The Morgan fingerprint density at radius 1 is 1.37 bits per heavy atom. The number of methoxy groups -OCH3 is 1. The molecule has 1 rings (SSSR count). The van der Waals surface area contributed by atoms with Crippen LogP contribution < -0.4 is 4.74 Å². The topological polar surface area (TPSA) is 52.9 Å². The first-order valence-corrected chi connectivity index (χ1v) is 6.22. The number of phenolic OH excluding ortho intramolecular Hbond substituents is 1. The van der Waals surface area contributed by atoms with Crippen molar-refractivity contribution in [1.29, 1.82) is 0 Å². The summed E-state index contributed by atoms with van der Waals surface area (Å²) in [5, 5.41) is 20.1. The van der Waals surface area contributed by atoms with E-state index in [2.05, 4.69) is 0 Å². The van der Waals surface area contributed by atoms with Gasteiger partial charge in [-0.05, 0) is 51.2 Å². The Kier molecular flexibility index (Phi) is 5.39. The number of aromatic hydroxyl groups is 1. The predicted octanol–water partition coefficient (Wildman–Crippen LogP) is 2.46. The second-order valence-corrected chi connectivity index (χ2v) is 5.15. The Balaban J connectivity index is 3.27. The van der Waals surface area contributed by atoms with E-state index in [9.17, 15) is 10.2 Å². The second kappa shape index (κ2) is 6.59. The van der Waals surface area contributed by atoms with Crippen molar-refractivity contribution in [2.75, 3.05) is 21.2 Å². The molecule has 1 aromatic rings. The van der Waals surface area contributed by atoms with Gasteiger partial charge in [0.15, 0.2) is 11.5 Å². The molecule has 0 saturated heterocycles. The number of aliphatic hydroxyl groups excluding tert-OH is 1. The van der Waals surface area contributed by atoms with Gasteiger partial charge in [-0.15, -0.1) is 0 Å². The van der Waals surface area contributed by atoms with Crippen LogP contribution in [0.1, 0.15) is 31.1 Å². The number of phenols is 1. The molecule has 2 N–H and O–H groups in total. The summed E-state index contributed by atoms with van der Waals surface area (Å²) in [6, 6.07) is 3.34. The Morgan fingerprint density at radius 2 is 2.00 bits per heavy atom. The molecular weight excluding hydrogens is 242 g/mol. The maximum Gasteiger partial charge on any atom is 0.160 e. The SMILES string of the molecule is COc1cc(CN(C)C)c(C(O)C=C(C)C)cc1O. The van der Waals surface area contributed by atoms with Crippen molar-refractivity contribution in [2.45, 2.75) is 26.5 Å². The Morgan fingerprint density at radius 3 is 2.47 bits per heavy atom. The van der Waals surface area contributed by atoms with Crippen molar-refractivity contribution in [1.82, 2.24) is 4.90 Å². The van der Waals surface area contributed by atoms with Crippen LogP contribution in [-0.4, -0.2) is 36.3 Å². The van der Waals surface area contributed by atoms with Crippen LogP contribution in [0.15, 0.2) is 23.8 Å². The first kappa shape index (κ1) is 15.5. The Bertz CT molecular complexity index is 463. The van der Waals surface area contributed by atoms with Gasteiger partial charge in [0.2, 0.25) is 0 Å². The zero-order valence-corrected chi connectivity index (χ0v) is 12.3. The first-order chi connectivity index (χ1) is 8.85. The van der Waals surface area contributed by atoms with Crippen LogP contribution in [0.3, 0.4) is 0 Å². The van der Waals surface area contributed by atoms with Gasteiger partial charge in [-0.3, -0.25) is 0 Å². The third kappa shape index (κ3) is 4.26. The summed E-state index contributed by atoms with van der Waals surface area (Å²) in [7, 11) is 5.42. The van der Waals surface area contributed by atoms with Gasteiger partial charge in [0.1, 0.15) is 0 Å². The van der Waals surface area contributed by atoms with Crippen LogP contribution in [0.4, 0.5) is 0 Å². The van der Waals surface area contributed by atoms with Crippen molar-refractivity contribution in [3.05, 3.63) is 34.9 Å². The van der Waals surface area contributed by atoms with E-state index in [1.54, 1.807) is 18.2 Å². The maximum atomic E-state index is 10.2. The van der Waals surface area contributed by atoms with Crippen LogP contribution in [0, 0.1) is 0 Å². The highest BCUT2D eigenvalue weighted by Gasteiger charge is 2.15. The molecule has 0 radical (unpaired) electrons. The van der Waals surface area contributed by atoms with Gasteiger partial charge in [-0.25, -0.2) is 0 Å². The number of benzene rings is 1. The molecule has 0 spiro atoms. The van der Waals surface area contributed by atoms with Crippen LogP contribution in [-0.2, 0) is 6.54 Å². The molecule has 0 aromatic heterocycles. The Labute approximate surface area is 114 Å². The average molecular weight is 265 g/mol. The standard InChI is InChI=1S/C15H23NO3/c1-10(2)6-13(17)12-8-14(18)15(19-5)7-11(12)9-16(3)4/h6-8,13,17-18H,9H2,1-5H3. The Hall–Kier alpha value is -1.52. The largest absolute Gasteiger partial charge is 0.504 e. The zero-order valence-electron chi connectivity index (χ0n) is 12.3. The van der Waals surface area contributed by atoms with Gasteiger partial charge in [0, 0.05) is 6.54 Å². The highest BCUT2D eigenvalue weighted by Crippen LogP contribution is 2.33. The van der Waals surface area contributed by atoms with Crippen molar-refractivity contribution >= 4 is 0 Å². The zero-order chi connectivity index (χ0) is 14.6. The van der Waals surface area contributed by atoms with E-state index >= 15 is 0 Å². The minimum absolute atomic E-state index is 0.0428. The molecule has 1 unspecified atom stereocenters. The van der Waals surface area contributed by atoms with Crippen molar-refractivity contribution in [3.8, 4) is 11.5 Å². The lowest BCUT2D eigenvalue weighted by atomic mass is 9.99. The van der Waals surface area contributed by atoms with Crippen molar-refractivity contribution in [2.24, 2.45) is 0 Å². The molecule has 4 nitrogen and oxygen atoms in total. The highest BCUT2D eigenvalue weighted by atomic mass is 16.5. The number of allylic oxidation sites excluding steroid dienone is 1. The molecular formula is C15H23NO3. The lowest BCUT2D eigenvalue weighted by molar-refractivity contribution is 0.224. The fourth-order valence-electron chi connectivity index (χ4n) is 1.95. The quantitative estimate of drug-likeness (QED) is 0.803. The molecule has 1 atom stereocenters. The first-order valence-electron chi connectivity index (χ1n) is 6.22. The lowest BCUT2D eigenvalue weighted by Gasteiger charge is -2.18. The van der Waals surface area contributed by atoms with Gasteiger partial charge < -0.3 is 19.8 Å². The van der Waals surface area contributed by atoms with E-state index in [0.717, 1.165) is 11.1 Å². The summed E-state index contributed by atoms with van der Waals surface area (Å²) in [6.07, 6.45) is 1.04. The van der Waals surface area contributed by atoms with E-state index in [0.29, 0.717) is 17.9 Å². The number of rotatable bonds is 5. The monoisotopic (exact) mass is 265 g/mol. The molecule has 106 valence electrons. The molecule has 0 fully saturated rings. The summed E-state index contributed by atoms with van der Waals surface area (Å²) in [5.41, 5.74) is 2.66. The second-order valence-electron chi connectivity index (χ2n) is 5.15. The van der Waals surface area contributed by atoms with Gasteiger partial charge >= 0.3 is 0 Å². The van der Waals surface area contributed by atoms with Gasteiger partial charge in [-0.2, -0.15) is 0 Å². The average Bonchev–Trinajstić information content (AvgIpc) is 2.29. The molecule has 4 heteroatoms. The summed E-state index contributed by atoms with van der Waals surface area (Å²) < 4.78 is 5.12. The van der Waals surface area contributed by atoms with Gasteiger partial charge in [0.25, 0.3) is 0 Å². The molecule has 0 aliphatic carbocycles. The third-order valence-electron chi connectivity index (χ3n) is 2.74. The summed E-state index contributed by atoms with van der Waals surface area (Å²) in [4.78, 5) is 2.00. The molecule has 0 heterocycles. The van der Waals surface area contributed by atoms with E-state index in [-0.39, 0.29) is 5.75 Å². The fourth-order valence-corrected chi connectivity index (χ4v) is 1.95. The van der Waals surface area contributed by atoms with Crippen molar-refractivity contribution in [3.63, 3.8) is 0 Å². The molecule has 0 bridgehead atoms. The smallest absolute Gasteiger partial charge is 0.160 e. The predicted molar refractivity (Wildman–Crippen MR) is 76.4 cm³/mol. The number of aliphatic hydroxyl groups is 1. The fraction of sp³-hybridized carbons (Fsp3) is 0.467. The molecule has 0 aliphatic rings. The normalized spacial score (nSPS) is 12.4. The van der Waals surface area contributed by atoms with E-state index < -0.39 is 6.10 Å². The van der Waals surface area contributed by atoms with Gasteiger partial charge in [0.05, 0.1) is 13.2 Å². The molecule has 1 aromatic carbocycles. The minimum atomic E-state index is -0.725. The van der Waals surface area contributed by atoms with Crippen LogP contribution >= 0.6 is 0 Å². The molecule has 0 aliphatic heterocycles. The maximum absolute atomic E-state index is 10.2. The molecule has 0 amide bonds. The lowest BCUT2D eigenvalue weighted by Crippen LogP contribution is -2.13. The molecule has 19 heavy (non-hydrogen) atoms. The number of ether oxygens (including phenoxy) is 1.